The molecule has 2 aliphatic rings. The molecule has 5 nitrogen and oxygen atoms in total. The van der Waals surface area contributed by atoms with Crippen molar-refractivity contribution in [3.8, 4) is 0 Å². The normalized spacial score (nSPS) is 19.0. The molecule has 1 N–H and O–H groups in total. The Labute approximate surface area is 148 Å². The molecule has 4 rings (SSSR count). The molecule has 1 aromatic carbocycles. The lowest BCUT2D eigenvalue weighted by atomic mass is 9.99. The lowest BCUT2D eigenvalue weighted by Crippen LogP contribution is -2.38. The first-order valence-corrected chi connectivity index (χ1v) is 9.35. The van der Waals surface area contributed by atoms with Crippen molar-refractivity contribution in [3.05, 3.63) is 57.5 Å². The number of nitrogens with one attached hydrogen (secondary N) is 1. The van der Waals surface area contributed by atoms with Crippen molar-refractivity contribution in [2.45, 2.75) is 38.6 Å². The summed E-state index contributed by atoms with van der Waals surface area (Å²) in [6, 6.07) is 10.6. The number of H-pyrrole nitrogens is 1. The van der Waals surface area contributed by atoms with Crippen LogP contribution in [0, 0.1) is 0 Å². The van der Waals surface area contributed by atoms with Crippen LogP contribution >= 0.6 is 0 Å². The molecule has 0 saturated carbocycles. The predicted octanol–water partition coefficient (Wildman–Crippen LogP) is 2.53. The van der Waals surface area contributed by atoms with E-state index in [2.05, 4.69) is 52.0 Å². The molecule has 1 fully saturated rings. The molecule has 2 aromatic rings. The van der Waals surface area contributed by atoms with Gasteiger partial charge in [0.15, 0.2) is 0 Å². The van der Waals surface area contributed by atoms with Crippen molar-refractivity contribution >= 4 is 5.95 Å². The van der Waals surface area contributed by atoms with Gasteiger partial charge in [0.1, 0.15) is 0 Å². The van der Waals surface area contributed by atoms with Gasteiger partial charge in [-0.25, -0.2) is 4.98 Å². The molecule has 25 heavy (non-hydrogen) atoms. The minimum Gasteiger partial charge on any atom is -0.342 e. The molecular weight excluding hydrogens is 312 g/mol. The van der Waals surface area contributed by atoms with Crippen LogP contribution in [0.5, 0.6) is 0 Å². The fourth-order valence-corrected chi connectivity index (χ4v) is 3.98. The first-order chi connectivity index (χ1) is 12.2. The number of benzene rings is 1. The molecule has 1 unspecified atom stereocenters. The van der Waals surface area contributed by atoms with Gasteiger partial charge in [-0.2, -0.15) is 0 Å². The molecule has 132 valence electrons. The van der Waals surface area contributed by atoms with E-state index in [1.165, 1.54) is 18.4 Å². The second-order valence-corrected chi connectivity index (χ2v) is 7.31. The van der Waals surface area contributed by atoms with Crippen LogP contribution in [-0.4, -0.2) is 41.0 Å². The third kappa shape index (κ3) is 3.47. The van der Waals surface area contributed by atoms with E-state index in [9.17, 15) is 4.79 Å². The maximum absolute atomic E-state index is 12.6. The summed E-state index contributed by atoms with van der Waals surface area (Å²) in [7, 11) is 0. The van der Waals surface area contributed by atoms with Gasteiger partial charge in [0.2, 0.25) is 5.95 Å². The molecule has 1 saturated heterocycles. The Kier molecular flexibility index (Phi) is 4.57. The third-order valence-electron chi connectivity index (χ3n) is 5.44. The highest BCUT2D eigenvalue weighted by molar-refractivity contribution is 5.35. The largest absolute Gasteiger partial charge is 0.342 e. The fourth-order valence-electron chi connectivity index (χ4n) is 3.98. The van der Waals surface area contributed by atoms with Crippen LogP contribution in [0.3, 0.4) is 0 Å². The summed E-state index contributed by atoms with van der Waals surface area (Å²) in [4.78, 5) is 25.0. The van der Waals surface area contributed by atoms with E-state index in [4.69, 9.17) is 4.98 Å². The van der Waals surface area contributed by atoms with E-state index >= 15 is 0 Å². The highest BCUT2D eigenvalue weighted by atomic mass is 16.1. The van der Waals surface area contributed by atoms with E-state index in [0.29, 0.717) is 12.5 Å². The van der Waals surface area contributed by atoms with Crippen LogP contribution in [0.25, 0.3) is 0 Å². The van der Waals surface area contributed by atoms with E-state index in [1.807, 2.05) is 0 Å². The van der Waals surface area contributed by atoms with Crippen LogP contribution in [0.2, 0.25) is 0 Å². The molecule has 0 bridgehead atoms. The van der Waals surface area contributed by atoms with Crippen LogP contribution in [-0.2, 0) is 13.0 Å². The number of hydrogen-bond acceptors (Lipinski definition) is 4. The van der Waals surface area contributed by atoms with Gasteiger partial charge in [0.05, 0.1) is 11.3 Å². The van der Waals surface area contributed by atoms with Crippen LogP contribution in [0.1, 0.15) is 42.5 Å². The number of fused-ring (bicyclic) bond motifs is 1. The van der Waals surface area contributed by atoms with Gasteiger partial charge >= 0.3 is 0 Å². The quantitative estimate of drug-likeness (QED) is 0.931. The number of hydrogen-bond donors (Lipinski definition) is 1. The number of rotatable bonds is 4. The van der Waals surface area contributed by atoms with Gasteiger partial charge in [-0.1, -0.05) is 37.3 Å². The lowest BCUT2D eigenvalue weighted by Gasteiger charge is -2.30. The van der Waals surface area contributed by atoms with E-state index in [1.54, 1.807) is 0 Å². The van der Waals surface area contributed by atoms with Gasteiger partial charge in [-0.3, -0.25) is 14.7 Å². The average Bonchev–Trinajstić information content (AvgIpc) is 3.17. The van der Waals surface area contributed by atoms with Crippen molar-refractivity contribution in [3.63, 3.8) is 0 Å². The second-order valence-electron chi connectivity index (χ2n) is 7.31. The molecule has 3 heterocycles. The highest BCUT2D eigenvalue weighted by Gasteiger charge is 2.24. The summed E-state index contributed by atoms with van der Waals surface area (Å²) in [5.41, 5.74) is 3.25. The van der Waals surface area contributed by atoms with Crippen molar-refractivity contribution < 1.29 is 0 Å². The van der Waals surface area contributed by atoms with E-state index in [-0.39, 0.29) is 5.56 Å². The van der Waals surface area contributed by atoms with Gasteiger partial charge in [-0.05, 0) is 24.3 Å². The fraction of sp³-hybridized carbons (Fsp3) is 0.500. The summed E-state index contributed by atoms with van der Waals surface area (Å²) in [6.45, 7) is 6.90. The molecule has 1 aromatic heterocycles. The molecule has 1 atom stereocenters. The first kappa shape index (κ1) is 16.3. The summed E-state index contributed by atoms with van der Waals surface area (Å²) in [6.07, 6.45) is 3.24. The maximum atomic E-state index is 12.6. The minimum atomic E-state index is 0.0453. The lowest BCUT2D eigenvalue weighted by molar-refractivity contribution is 0.238. The Morgan fingerprint density at radius 1 is 1.16 bits per heavy atom. The first-order valence-electron chi connectivity index (χ1n) is 9.35. The number of aromatic amines is 1. The standard InChI is InChI=1S/C20H26N4O/c1-15(16-7-3-2-4-8-16)13-23-12-9-18-17(14-23)19(25)22-20(21-18)24-10-5-6-11-24/h2-4,7-8,15H,5-6,9-14H2,1H3,(H,21,22,25). The minimum absolute atomic E-state index is 0.0453. The van der Waals surface area contributed by atoms with E-state index < -0.39 is 0 Å². The Morgan fingerprint density at radius 3 is 2.68 bits per heavy atom. The van der Waals surface area contributed by atoms with Gasteiger partial charge in [-0.15, -0.1) is 0 Å². The summed E-state index contributed by atoms with van der Waals surface area (Å²) >= 11 is 0. The van der Waals surface area contributed by atoms with Crippen molar-refractivity contribution in [1.29, 1.82) is 0 Å². The summed E-state index contributed by atoms with van der Waals surface area (Å²) < 4.78 is 0. The highest BCUT2D eigenvalue weighted by Crippen LogP contribution is 2.22. The zero-order valence-corrected chi connectivity index (χ0v) is 14.9. The monoisotopic (exact) mass is 338 g/mol. The average molecular weight is 338 g/mol. The smallest absolute Gasteiger partial charge is 0.257 e. The molecule has 0 radical (unpaired) electrons. The molecule has 0 aliphatic carbocycles. The van der Waals surface area contributed by atoms with Gasteiger partial charge in [0.25, 0.3) is 5.56 Å². The summed E-state index contributed by atoms with van der Waals surface area (Å²) in [5.74, 6) is 1.23. The van der Waals surface area contributed by atoms with E-state index in [0.717, 1.165) is 49.8 Å². The zero-order valence-electron chi connectivity index (χ0n) is 14.9. The Morgan fingerprint density at radius 2 is 1.92 bits per heavy atom. The predicted molar refractivity (Wildman–Crippen MR) is 100 cm³/mol. The molecular formula is C20H26N4O. The molecule has 0 spiro atoms. The Balaban J connectivity index is 1.48. The van der Waals surface area contributed by atoms with Crippen molar-refractivity contribution in [2.75, 3.05) is 31.1 Å². The summed E-state index contributed by atoms with van der Waals surface area (Å²) in [5, 5.41) is 0. The van der Waals surface area contributed by atoms with Crippen LogP contribution < -0.4 is 10.5 Å². The second kappa shape index (κ2) is 7.00. The Hall–Kier alpha value is -2.14. The van der Waals surface area contributed by atoms with Gasteiger partial charge in [0, 0.05) is 39.1 Å². The van der Waals surface area contributed by atoms with Gasteiger partial charge < -0.3 is 4.90 Å². The third-order valence-corrected chi connectivity index (χ3v) is 5.44. The van der Waals surface area contributed by atoms with Crippen LogP contribution in [0.4, 0.5) is 5.95 Å². The number of anilines is 1. The van der Waals surface area contributed by atoms with Crippen LogP contribution in [0.15, 0.2) is 35.1 Å². The maximum Gasteiger partial charge on any atom is 0.257 e. The number of nitrogens with zero attached hydrogens (tertiary/aromatic N) is 3. The zero-order chi connectivity index (χ0) is 17.2. The topological polar surface area (TPSA) is 52.2 Å². The van der Waals surface area contributed by atoms with Crippen molar-refractivity contribution in [2.24, 2.45) is 0 Å². The Bertz CT molecular complexity index is 780. The van der Waals surface area contributed by atoms with Crippen molar-refractivity contribution in [1.82, 2.24) is 14.9 Å². The molecule has 5 heteroatoms. The SMILES string of the molecule is CC(CN1CCc2nc(N3CCCC3)[nH]c(=O)c2C1)c1ccccc1. The molecule has 0 amide bonds. The number of aromatic nitrogens is 2. The molecule has 2 aliphatic heterocycles.